The van der Waals surface area contributed by atoms with Crippen LogP contribution in [0.5, 0.6) is 0 Å². The van der Waals surface area contributed by atoms with Crippen molar-refractivity contribution >= 4 is 30.1 Å². The van der Waals surface area contributed by atoms with Gasteiger partial charge in [0.1, 0.15) is 0 Å². The molecule has 10 nitrogen and oxygen atoms in total. The van der Waals surface area contributed by atoms with Gasteiger partial charge >= 0.3 is 0 Å². The van der Waals surface area contributed by atoms with Crippen molar-refractivity contribution in [2.45, 2.75) is 34.6 Å². The minimum absolute atomic E-state index is 0.657. The highest BCUT2D eigenvalue weighted by atomic mass is 16.4. The molecule has 0 saturated carbocycles. The molecule has 0 aromatic heterocycles. The van der Waals surface area contributed by atoms with Gasteiger partial charge in [-0.05, 0) is 13.1 Å². The highest BCUT2D eigenvalue weighted by molar-refractivity contribution is 5.63. The molecular formula is C12H26N2O8. The number of rotatable bonds is 2. The molecule has 0 spiro atoms. The van der Waals surface area contributed by atoms with Crippen molar-refractivity contribution < 1.29 is 39.6 Å². The molecule has 0 saturated heterocycles. The molecule has 0 amide bonds. The quantitative estimate of drug-likeness (QED) is 0.447. The van der Waals surface area contributed by atoms with Crippen LogP contribution in [0.25, 0.3) is 0 Å². The van der Waals surface area contributed by atoms with Crippen LogP contribution in [0.15, 0.2) is 4.99 Å². The Balaban J connectivity index is -0.0000000555. The summed E-state index contributed by atoms with van der Waals surface area (Å²) in [4.78, 5) is 39.8. The average molecular weight is 326 g/mol. The van der Waals surface area contributed by atoms with E-state index in [1.54, 1.807) is 6.21 Å². The molecular weight excluding hydrogens is 300 g/mol. The highest BCUT2D eigenvalue weighted by Gasteiger charge is 1.66. The van der Waals surface area contributed by atoms with Gasteiger partial charge in [0.2, 0.25) is 0 Å². The van der Waals surface area contributed by atoms with Crippen LogP contribution in [-0.4, -0.2) is 63.6 Å². The van der Waals surface area contributed by atoms with E-state index in [2.05, 4.69) is 4.99 Å². The summed E-state index contributed by atoms with van der Waals surface area (Å²) in [5.41, 5.74) is 5.10. The van der Waals surface area contributed by atoms with Crippen molar-refractivity contribution in [3.8, 4) is 0 Å². The number of carboxylic acids is 4. The van der Waals surface area contributed by atoms with Crippen LogP contribution in [-0.2, 0) is 19.2 Å². The van der Waals surface area contributed by atoms with Crippen LogP contribution in [0.3, 0.4) is 0 Å². The summed E-state index contributed by atoms with van der Waals surface area (Å²) in [6, 6.07) is 0. The molecule has 6 N–H and O–H groups in total. The molecule has 0 aliphatic carbocycles. The molecule has 0 heterocycles. The Labute approximate surface area is 129 Å². The molecule has 0 aliphatic heterocycles. The highest BCUT2D eigenvalue weighted by Crippen LogP contribution is 1.57. The first-order valence-electron chi connectivity index (χ1n) is 5.77. The third-order valence-electron chi connectivity index (χ3n) is 0.441. The Morgan fingerprint density at radius 2 is 1.00 bits per heavy atom. The van der Waals surface area contributed by atoms with Gasteiger partial charge in [0, 0.05) is 34.2 Å². The second kappa shape index (κ2) is 31.1. The lowest BCUT2D eigenvalue weighted by Gasteiger charge is -1.78. The fraction of sp³-hybridized carbons (Fsp3) is 0.583. The molecule has 0 fully saturated rings. The van der Waals surface area contributed by atoms with Crippen LogP contribution in [0.4, 0.5) is 0 Å². The minimum atomic E-state index is -0.833. The lowest BCUT2D eigenvalue weighted by Crippen LogP contribution is -2.01. The molecule has 0 rings (SSSR count). The number of hydrogen-bond acceptors (Lipinski definition) is 6. The van der Waals surface area contributed by atoms with Crippen molar-refractivity contribution in [3.05, 3.63) is 0 Å². The summed E-state index contributed by atoms with van der Waals surface area (Å²) < 4.78 is 0. The molecule has 0 aliphatic rings. The maximum atomic E-state index is 9.00. The number of aliphatic carboxylic acids is 4. The zero-order valence-corrected chi connectivity index (χ0v) is 13.4. The first-order chi connectivity index (χ1) is 9.84. The number of aliphatic imine (C=N–C) groups is 1. The Kier molecular flexibility index (Phi) is 44.9. The normalized spacial score (nSPS) is 7.36. The average Bonchev–Trinajstić information content (AvgIpc) is 2.23. The number of carboxylic acid groups (broad SMARTS) is 4. The summed E-state index contributed by atoms with van der Waals surface area (Å²) in [5, 5.41) is 29.7. The van der Waals surface area contributed by atoms with E-state index in [4.69, 9.17) is 45.3 Å². The second-order valence-electron chi connectivity index (χ2n) is 3.03. The monoisotopic (exact) mass is 326 g/mol. The molecule has 0 aromatic rings. The standard InChI is InChI=1S/C4H10N2.4C2H4O2/c1-2-6-4-3-5;4*1-2(3)4/h2H,3-5H2,1H3;4*1H3,(H,3,4). The first-order valence-corrected chi connectivity index (χ1v) is 5.77. The Morgan fingerprint density at radius 3 is 1.05 bits per heavy atom. The largest absolute Gasteiger partial charge is 0.481 e. The topological polar surface area (TPSA) is 188 Å². The molecule has 0 bridgehead atoms. The Hall–Kier alpha value is -2.49. The van der Waals surface area contributed by atoms with E-state index >= 15 is 0 Å². The van der Waals surface area contributed by atoms with Gasteiger partial charge in [0.25, 0.3) is 23.9 Å². The summed E-state index contributed by atoms with van der Waals surface area (Å²) in [7, 11) is 0. The minimum Gasteiger partial charge on any atom is -0.481 e. The molecule has 10 heteroatoms. The summed E-state index contributed by atoms with van der Waals surface area (Å²) in [5.74, 6) is -3.33. The zero-order valence-electron chi connectivity index (χ0n) is 13.4. The van der Waals surface area contributed by atoms with Gasteiger partial charge in [-0.25, -0.2) is 0 Å². The Morgan fingerprint density at radius 1 is 0.818 bits per heavy atom. The van der Waals surface area contributed by atoms with Gasteiger partial charge in [0.05, 0.1) is 6.54 Å². The van der Waals surface area contributed by atoms with E-state index in [9.17, 15) is 0 Å². The fourth-order valence-electron chi connectivity index (χ4n) is 0.204. The number of carbonyl (C=O) groups is 4. The van der Waals surface area contributed by atoms with Crippen molar-refractivity contribution in [2.75, 3.05) is 13.1 Å². The van der Waals surface area contributed by atoms with Crippen molar-refractivity contribution in [2.24, 2.45) is 10.7 Å². The summed E-state index contributed by atoms with van der Waals surface area (Å²) >= 11 is 0. The summed E-state index contributed by atoms with van der Waals surface area (Å²) in [6.45, 7) is 7.64. The van der Waals surface area contributed by atoms with Gasteiger partial charge in [-0.2, -0.15) is 0 Å². The zero-order chi connectivity index (χ0) is 19.1. The maximum Gasteiger partial charge on any atom is 0.300 e. The van der Waals surface area contributed by atoms with Gasteiger partial charge in [-0.1, -0.05) is 0 Å². The predicted molar refractivity (Wildman–Crippen MR) is 81.3 cm³/mol. The maximum absolute atomic E-state index is 9.00. The first kappa shape index (κ1) is 31.7. The number of nitrogens with two attached hydrogens (primary N) is 1. The van der Waals surface area contributed by atoms with Crippen LogP contribution in [0.2, 0.25) is 0 Å². The predicted octanol–water partition coefficient (Wildman–Crippen LogP) is 0.399. The van der Waals surface area contributed by atoms with Crippen LogP contribution >= 0.6 is 0 Å². The van der Waals surface area contributed by atoms with Crippen molar-refractivity contribution in [1.82, 2.24) is 0 Å². The van der Waals surface area contributed by atoms with E-state index in [0.717, 1.165) is 34.2 Å². The second-order valence-corrected chi connectivity index (χ2v) is 3.03. The molecule has 0 aromatic carbocycles. The van der Waals surface area contributed by atoms with Gasteiger partial charge in [-0.15, -0.1) is 0 Å². The van der Waals surface area contributed by atoms with E-state index < -0.39 is 23.9 Å². The smallest absolute Gasteiger partial charge is 0.300 e. The lowest BCUT2D eigenvalue weighted by molar-refractivity contribution is -0.135. The number of hydrogen-bond donors (Lipinski definition) is 5. The Bertz CT molecular complexity index is 252. The number of nitrogens with zero attached hydrogens (tertiary/aromatic N) is 1. The van der Waals surface area contributed by atoms with Crippen LogP contribution in [0.1, 0.15) is 34.6 Å². The lowest BCUT2D eigenvalue weighted by atomic mass is 10.7. The van der Waals surface area contributed by atoms with Crippen LogP contribution in [0, 0.1) is 0 Å². The van der Waals surface area contributed by atoms with Gasteiger partial charge in [-0.3, -0.25) is 24.2 Å². The third kappa shape index (κ3) is 18400. The SMILES string of the molecule is CC(=O)O.CC(=O)O.CC(=O)O.CC(=O)O.CC=NCCN. The van der Waals surface area contributed by atoms with Crippen molar-refractivity contribution in [1.29, 1.82) is 0 Å². The molecule has 0 atom stereocenters. The van der Waals surface area contributed by atoms with E-state index in [-0.39, 0.29) is 0 Å². The molecule has 0 radical (unpaired) electrons. The summed E-state index contributed by atoms with van der Waals surface area (Å²) in [6.07, 6.45) is 1.76. The van der Waals surface area contributed by atoms with Gasteiger partial charge < -0.3 is 26.2 Å². The molecule has 0 unspecified atom stereocenters. The van der Waals surface area contributed by atoms with E-state index in [0.29, 0.717) is 6.54 Å². The van der Waals surface area contributed by atoms with Gasteiger partial charge in [0.15, 0.2) is 0 Å². The molecule has 22 heavy (non-hydrogen) atoms. The van der Waals surface area contributed by atoms with E-state index in [1.807, 2.05) is 6.92 Å². The van der Waals surface area contributed by atoms with Crippen LogP contribution < -0.4 is 5.73 Å². The fourth-order valence-corrected chi connectivity index (χ4v) is 0.204. The van der Waals surface area contributed by atoms with Crippen molar-refractivity contribution in [3.63, 3.8) is 0 Å². The third-order valence-corrected chi connectivity index (χ3v) is 0.441. The van der Waals surface area contributed by atoms with E-state index in [1.165, 1.54) is 0 Å². The molecule has 132 valence electrons.